The highest BCUT2D eigenvalue weighted by Crippen LogP contribution is 2.33. The Morgan fingerprint density at radius 2 is 2.00 bits per heavy atom. The van der Waals surface area contributed by atoms with Gasteiger partial charge in [0, 0.05) is 5.56 Å². The summed E-state index contributed by atoms with van der Waals surface area (Å²) in [4.78, 5) is 25.6. The number of aryl methyl sites for hydroxylation is 1. The smallest absolute Gasteiger partial charge is 0.294 e. The molecule has 1 fully saturated rings. The van der Waals surface area contributed by atoms with Gasteiger partial charge in [0.25, 0.3) is 11.1 Å². The van der Waals surface area contributed by atoms with Crippen molar-refractivity contribution in [2.24, 2.45) is 0 Å². The molecular weight excluding hydrogens is 346 g/mol. The summed E-state index contributed by atoms with van der Waals surface area (Å²) in [6.45, 7) is 2.43. The van der Waals surface area contributed by atoms with E-state index in [2.05, 4.69) is 12.0 Å². The van der Waals surface area contributed by atoms with Crippen LogP contribution in [0.15, 0.2) is 53.4 Å². The summed E-state index contributed by atoms with van der Waals surface area (Å²) < 4.78 is 5.93. The number of thioether (sulfide) groups is 1. The third kappa shape index (κ3) is 3.98. The standard InChI is InChI=1S/C21H17NO3S/c1-3-11-22-20(23)19(26-21(22)24)13-17-9-4-5-10-18(17)25-14-16-8-6-7-15(2)12-16/h1,4-10,12-13H,11,14H2,2H3/b19-13-. The molecule has 26 heavy (non-hydrogen) atoms. The van der Waals surface area contributed by atoms with Gasteiger partial charge in [-0.25, -0.2) is 0 Å². The first-order valence-electron chi connectivity index (χ1n) is 8.04. The minimum absolute atomic E-state index is 0.0203. The molecule has 1 aliphatic heterocycles. The molecule has 4 nitrogen and oxygen atoms in total. The van der Waals surface area contributed by atoms with Gasteiger partial charge in [-0.1, -0.05) is 53.9 Å². The molecule has 0 aliphatic carbocycles. The molecule has 1 saturated heterocycles. The number of nitrogens with zero attached hydrogens (tertiary/aromatic N) is 1. The number of rotatable bonds is 5. The Labute approximate surface area is 156 Å². The highest BCUT2D eigenvalue weighted by molar-refractivity contribution is 8.18. The number of benzene rings is 2. The lowest BCUT2D eigenvalue weighted by Crippen LogP contribution is -2.28. The SMILES string of the molecule is C#CCN1C(=O)S/C(=C\c2ccccc2OCc2cccc(C)c2)C1=O. The van der Waals surface area contributed by atoms with Crippen molar-refractivity contribution in [3.8, 4) is 18.1 Å². The fourth-order valence-electron chi connectivity index (χ4n) is 2.56. The van der Waals surface area contributed by atoms with Crippen LogP contribution >= 0.6 is 11.8 Å². The van der Waals surface area contributed by atoms with Gasteiger partial charge in [-0.3, -0.25) is 14.5 Å². The zero-order valence-corrected chi connectivity index (χ0v) is 15.1. The Balaban J connectivity index is 1.80. The third-order valence-corrected chi connectivity index (χ3v) is 4.71. The molecule has 0 spiro atoms. The molecule has 2 amide bonds. The Kier molecular flexibility index (Phi) is 5.45. The molecule has 0 unspecified atom stereocenters. The lowest BCUT2D eigenvalue weighted by atomic mass is 10.1. The second-order valence-electron chi connectivity index (χ2n) is 5.79. The molecule has 0 N–H and O–H groups in total. The molecule has 5 heteroatoms. The fourth-order valence-corrected chi connectivity index (χ4v) is 3.39. The molecule has 0 saturated carbocycles. The molecule has 3 rings (SSSR count). The van der Waals surface area contributed by atoms with Crippen LogP contribution < -0.4 is 4.74 Å². The zero-order chi connectivity index (χ0) is 18.5. The largest absolute Gasteiger partial charge is 0.488 e. The summed E-state index contributed by atoms with van der Waals surface area (Å²) in [6.07, 6.45) is 6.89. The van der Waals surface area contributed by atoms with Gasteiger partial charge in [-0.2, -0.15) is 0 Å². The second-order valence-corrected chi connectivity index (χ2v) is 6.78. The summed E-state index contributed by atoms with van der Waals surface area (Å²) in [5.41, 5.74) is 2.97. The van der Waals surface area contributed by atoms with Crippen LogP contribution in [0.1, 0.15) is 16.7 Å². The average molecular weight is 363 g/mol. The normalized spacial score (nSPS) is 15.4. The predicted octanol–water partition coefficient (Wildman–Crippen LogP) is 4.24. The number of ether oxygens (including phenoxy) is 1. The van der Waals surface area contributed by atoms with Gasteiger partial charge in [-0.15, -0.1) is 6.42 Å². The van der Waals surface area contributed by atoms with Gasteiger partial charge in [0.1, 0.15) is 12.4 Å². The van der Waals surface area contributed by atoms with E-state index in [-0.39, 0.29) is 17.7 Å². The van der Waals surface area contributed by atoms with Crippen LogP contribution in [-0.2, 0) is 11.4 Å². The van der Waals surface area contributed by atoms with Gasteiger partial charge in [0.2, 0.25) is 0 Å². The number of amides is 2. The molecule has 0 bridgehead atoms. The highest BCUT2D eigenvalue weighted by Gasteiger charge is 2.34. The van der Waals surface area contributed by atoms with Crippen LogP contribution in [-0.4, -0.2) is 22.6 Å². The Morgan fingerprint density at radius 1 is 1.19 bits per heavy atom. The summed E-state index contributed by atoms with van der Waals surface area (Å²) in [5, 5.41) is -0.350. The van der Waals surface area contributed by atoms with Crippen molar-refractivity contribution in [3.63, 3.8) is 0 Å². The molecule has 0 aromatic heterocycles. The second kappa shape index (κ2) is 7.94. The van der Waals surface area contributed by atoms with Crippen molar-refractivity contribution in [2.75, 3.05) is 6.54 Å². The first kappa shape index (κ1) is 17.8. The van der Waals surface area contributed by atoms with Crippen molar-refractivity contribution in [1.29, 1.82) is 0 Å². The van der Waals surface area contributed by atoms with Gasteiger partial charge >= 0.3 is 0 Å². The fraction of sp³-hybridized carbons (Fsp3) is 0.143. The van der Waals surface area contributed by atoms with Crippen molar-refractivity contribution < 1.29 is 14.3 Å². The third-order valence-electron chi connectivity index (χ3n) is 3.81. The topological polar surface area (TPSA) is 46.6 Å². The molecule has 0 atom stereocenters. The summed E-state index contributed by atoms with van der Waals surface area (Å²) in [7, 11) is 0. The highest BCUT2D eigenvalue weighted by atomic mass is 32.2. The molecule has 130 valence electrons. The quantitative estimate of drug-likeness (QED) is 0.589. The predicted molar refractivity (Wildman–Crippen MR) is 103 cm³/mol. The number of hydrogen-bond donors (Lipinski definition) is 0. The molecule has 0 radical (unpaired) electrons. The summed E-state index contributed by atoms with van der Waals surface area (Å²) >= 11 is 0.889. The van der Waals surface area contributed by atoms with Crippen molar-refractivity contribution in [3.05, 3.63) is 70.1 Å². The Bertz CT molecular complexity index is 927. The maximum Gasteiger partial charge on any atom is 0.294 e. The first-order valence-corrected chi connectivity index (χ1v) is 8.86. The molecule has 1 heterocycles. The van der Waals surface area contributed by atoms with Crippen LogP contribution in [0.4, 0.5) is 4.79 Å². The van der Waals surface area contributed by atoms with Crippen molar-refractivity contribution in [2.45, 2.75) is 13.5 Å². The average Bonchev–Trinajstić information content (AvgIpc) is 2.89. The van der Waals surface area contributed by atoms with Crippen LogP contribution in [0.5, 0.6) is 5.75 Å². The maximum atomic E-state index is 12.3. The van der Waals surface area contributed by atoms with E-state index in [1.54, 1.807) is 6.08 Å². The minimum atomic E-state index is -0.369. The Hall–Kier alpha value is -2.97. The van der Waals surface area contributed by atoms with E-state index < -0.39 is 0 Å². The van der Waals surface area contributed by atoms with Crippen LogP contribution in [0, 0.1) is 19.3 Å². The summed E-state index contributed by atoms with van der Waals surface area (Å²) in [6, 6.07) is 15.5. The van der Waals surface area contributed by atoms with Gasteiger partial charge < -0.3 is 4.74 Å². The van der Waals surface area contributed by atoms with Crippen molar-refractivity contribution in [1.82, 2.24) is 4.90 Å². The van der Waals surface area contributed by atoms with E-state index in [1.165, 1.54) is 5.56 Å². The number of hydrogen-bond acceptors (Lipinski definition) is 4. The Morgan fingerprint density at radius 3 is 2.77 bits per heavy atom. The van der Waals surface area contributed by atoms with E-state index in [9.17, 15) is 9.59 Å². The number of carbonyl (C=O) groups excluding carboxylic acids is 2. The molecular formula is C21H17NO3S. The van der Waals surface area contributed by atoms with E-state index in [4.69, 9.17) is 11.2 Å². The van der Waals surface area contributed by atoms with Gasteiger partial charge in [0.15, 0.2) is 0 Å². The molecule has 2 aromatic rings. The molecule has 2 aromatic carbocycles. The van der Waals surface area contributed by atoms with Crippen LogP contribution in [0.3, 0.4) is 0 Å². The summed E-state index contributed by atoms with van der Waals surface area (Å²) in [5.74, 6) is 2.61. The van der Waals surface area contributed by atoms with Crippen molar-refractivity contribution >= 4 is 29.0 Å². The monoisotopic (exact) mass is 363 g/mol. The number of carbonyl (C=O) groups is 2. The van der Waals surface area contributed by atoms with E-state index >= 15 is 0 Å². The van der Waals surface area contributed by atoms with Crippen LogP contribution in [0.2, 0.25) is 0 Å². The lowest BCUT2D eigenvalue weighted by molar-refractivity contribution is -0.122. The van der Waals surface area contributed by atoms with Gasteiger partial charge in [-0.05, 0) is 36.4 Å². The number of para-hydroxylation sites is 1. The zero-order valence-electron chi connectivity index (χ0n) is 14.3. The van der Waals surface area contributed by atoms with E-state index in [1.807, 2.05) is 49.4 Å². The van der Waals surface area contributed by atoms with Crippen LogP contribution in [0.25, 0.3) is 6.08 Å². The van der Waals surface area contributed by atoms with E-state index in [0.717, 1.165) is 27.8 Å². The first-order chi connectivity index (χ1) is 12.6. The number of terminal acetylenes is 1. The number of imide groups is 1. The van der Waals surface area contributed by atoms with E-state index in [0.29, 0.717) is 17.3 Å². The van der Waals surface area contributed by atoms with Gasteiger partial charge in [0.05, 0.1) is 11.4 Å². The lowest BCUT2D eigenvalue weighted by Gasteiger charge is -2.10. The molecule has 1 aliphatic rings. The maximum absolute atomic E-state index is 12.3. The minimum Gasteiger partial charge on any atom is -0.488 e.